The Hall–Kier alpha value is -2.21. The van der Waals surface area contributed by atoms with Crippen LogP contribution in [0.25, 0.3) is 10.2 Å². The number of thiazole rings is 1. The van der Waals surface area contributed by atoms with E-state index in [2.05, 4.69) is 42.1 Å². The minimum absolute atomic E-state index is 0.256. The number of hydrogen-bond acceptors (Lipinski definition) is 3. The van der Waals surface area contributed by atoms with E-state index in [0.717, 1.165) is 15.8 Å². The Morgan fingerprint density at radius 1 is 1.30 bits per heavy atom. The first-order valence-corrected chi connectivity index (χ1v) is 8.37. The highest BCUT2D eigenvalue weighted by atomic mass is 32.1. The summed E-state index contributed by atoms with van der Waals surface area (Å²) in [6.45, 7) is 6.22. The van der Waals surface area contributed by atoms with Gasteiger partial charge in [-0.15, -0.1) is 0 Å². The third-order valence-electron chi connectivity index (χ3n) is 4.02. The summed E-state index contributed by atoms with van der Waals surface area (Å²) in [6, 6.07) is 6.42. The molecule has 3 rings (SSSR count). The summed E-state index contributed by atoms with van der Waals surface area (Å²) in [5, 5.41) is 4.11. The van der Waals surface area contributed by atoms with Crippen molar-refractivity contribution in [2.24, 2.45) is 19.1 Å². The molecule has 0 N–H and O–H groups in total. The molecule has 2 aromatic heterocycles. The van der Waals surface area contributed by atoms with Crippen LogP contribution in [0.4, 0.5) is 0 Å². The Kier molecular flexibility index (Phi) is 3.93. The molecule has 5 nitrogen and oxygen atoms in total. The molecule has 0 bridgehead atoms. The van der Waals surface area contributed by atoms with E-state index in [-0.39, 0.29) is 5.91 Å². The van der Waals surface area contributed by atoms with Gasteiger partial charge in [0, 0.05) is 19.7 Å². The van der Waals surface area contributed by atoms with Crippen LogP contribution in [-0.2, 0) is 14.1 Å². The quantitative estimate of drug-likeness (QED) is 0.725. The van der Waals surface area contributed by atoms with Crippen LogP contribution in [0.2, 0.25) is 0 Å². The summed E-state index contributed by atoms with van der Waals surface area (Å²) in [5.74, 6) is 0.222. The zero-order valence-electron chi connectivity index (χ0n) is 14.0. The standard InChI is InChI=1S/C17H20N4OS/c1-10(2)12-6-7-13-14(8-12)23-17(20(13)4)19-16(22)15-11(3)9-18-21(15)5/h6-10H,1-5H3. The summed E-state index contributed by atoms with van der Waals surface area (Å²) < 4.78 is 4.69. The van der Waals surface area contributed by atoms with Gasteiger partial charge in [-0.25, -0.2) is 0 Å². The van der Waals surface area contributed by atoms with Crippen LogP contribution < -0.4 is 4.80 Å². The molecular formula is C17H20N4OS. The Balaban J connectivity index is 2.12. The summed E-state index contributed by atoms with van der Waals surface area (Å²) in [5.41, 5.74) is 3.75. The monoisotopic (exact) mass is 328 g/mol. The SMILES string of the molecule is Cc1cnn(C)c1C(=O)N=c1sc2cc(C(C)C)ccc2n1C. The fourth-order valence-corrected chi connectivity index (χ4v) is 3.68. The van der Waals surface area contributed by atoms with Crippen LogP contribution in [0.5, 0.6) is 0 Å². The molecule has 0 aliphatic rings. The maximum Gasteiger partial charge on any atom is 0.298 e. The molecule has 0 saturated carbocycles. The van der Waals surface area contributed by atoms with Crippen molar-refractivity contribution in [2.45, 2.75) is 26.7 Å². The van der Waals surface area contributed by atoms with Gasteiger partial charge in [0.15, 0.2) is 4.80 Å². The summed E-state index contributed by atoms with van der Waals surface area (Å²) in [6.07, 6.45) is 1.68. The number of fused-ring (bicyclic) bond motifs is 1. The van der Waals surface area contributed by atoms with Crippen LogP contribution >= 0.6 is 11.3 Å². The molecule has 1 amide bonds. The number of amides is 1. The number of rotatable bonds is 2. The predicted octanol–water partition coefficient (Wildman–Crippen LogP) is 3.15. The molecule has 0 aliphatic heterocycles. The van der Waals surface area contributed by atoms with Gasteiger partial charge >= 0.3 is 0 Å². The molecule has 1 aromatic carbocycles. The first-order chi connectivity index (χ1) is 10.9. The lowest BCUT2D eigenvalue weighted by Crippen LogP contribution is -2.15. The second-order valence-corrected chi connectivity index (χ2v) is 7.05. The van der Waals surface area contributed by atoms with Gasteiger partial charge in [-0.05, 0) is 30.5 Å². The van der Waals surface area contributed by atoms with E-state index < -0.39 is 0 Å². The predicted molar refractivity (Wildman–Crippen MR) is 92.7 cm³/mol. The molecule has 120 valence electrons. The Morgan fingerprint density at radius 2 is 2.04 bits per heavy atom. The molecule has 23 heavy (non-hydrogen) atoms. The molecule has 2 heterocycles. The minimum atomic E-state index is -0.256. The van der Waals surface area contributed by atoms with Gasteiger partial charge in [-0.2, -0.15) is 10.1 Å². The second kappa shape index (κ2) is 5.77. The average Bonchev–Trinajstić information content (AvgIpc) is 2.99. The van der Waals surface area contributed by atoms with Crippen LogP contribution in [0, 0.1) is 6.92 Å². The van der Waals surface area contributed by atoms with Crippen LogP contribution in [0.3, 0.4) is 0 Å². The Labute approximate surface area is 138 Å². The van der Waals surface area contributed by atoms with E-state index >= 15 is 0 Å². The zero-order chi connectivity index (χ0) is 16.7. The lowest BCUT2D eigenvalue weighted by atomic mass is 10.0. The van der Waals surface area contributed by atoms with Gasteiger partial charge < -0.3 is 4.57 Å². The molecule has 0 fully saturated rings. The van der Waals surface area contributed by atoms with E-state index in [0.29, 0.717) is 16.4 Å². The van der Waals surface area contributed by atoms with E-state index in [4.69, 9.17) is 0 Å². The molecule has 0 unspecified atom stereocenters. The normalized spacial score (nSPS) is 12.5. The van der Waals surface area contributed by atoms with Gasteiger partial charge in [-0.3, -0.25) is 9.48 Å². The lowest BCUT2D eigenvalue weighted by molar-refractivity contribution is 0.0988. The maximum absolute atomic E-state index is 12.5. The molecule has 0 aliphatic carbocycles. The highest BCUT2D eigenvalue weighted by Crippen LogP contribution is 2.23. The second-order valence-electron chi connectivity index (χ2n) is 6.04. The smallest absolute Gasteiger partial charge is 0.298 e. The van der Waals surface area contributed by atoms with Crippen molar-refractivity contribution in [3.8, 4) is 0 Å². The Bertz CT molecular complexity index is 939. The lowest BCUT2D eigenvalue weighted by Gasteiger charge is -2.04. The zero-order valence-corrected chi connectivity index (χ0v) is 14.8. The number of aryl methyl sites for hydroxylation is 3. The number of hydrogen-bond donors (Lipinski definition) is 0. The minimum Gasteiger partial charge on any atom is -0.319 e. The molecule has 0 saturated heterocycles. The molecule has 0 radical (unpaired) electrons. The van der Waals surface area contributed by atoms with E-state index in [1.54, 1.807) is 17.9 Å². The summed E-state index contributed by atoms with van der Waals surface area (Å²) >= 11 is 1.54. The fraction of sp³-hybridized carbons (Fsp3) is 0.353. The number of nitrogens with zero attached hydrogens (tertiary/aromatic N) is 4. The van der Waals surface area contributed by atoms with Crippen LogP contribution in [0.15, 0.2) is 29.4 Å². The van der Waals surface area contributed by atoms with Crippen LogP contribution in [-0.4, -0.2) is 20.3 Å². The van der Waals surface area contributed by atoms with Crippen molar-refractivity contribution >= 4 is 27.5 Å². The molecule has 0 atom stereocenters. The first-order valence-electron chi connectivity index (χ1n) is 7.55. The van der Waals surface area contributed by atoms with Crippen molar-refractivity contribution in [1.82, 2.24) is 14.3 Å². The average molecular weight is 328 g/mol. The number of carbonyl (C=O) groups excluding carboxylic acids is 1. The molecular weight excluding hydrogens is 308 g/mol. The van der Waals surface area contributed by atoms with E-state index in [9.17, 15) is 4.79 Å². The van der Waals surface area contributed by atoms with E-state index in [1.807, 2.05) is 18.5 Å². The van der Waals surface area contributed by atoms with Crippen molar-refractivity contribution < 1.29 is 4.79 Å². The van der Waals surface area contributed by atoms with Crippen LogP contribution in [0.1, 0.15) is 41.4 Å². The molecule has 6 heteroatoms. The highest BCUT2D eigenvalue weighted by Gasteiger charge is 2.14. The first kappa shape index (κ1) is 15.7. The van der Waals surface area contributed by atoms with Gasteiger partial charge in [0.2, 0.25) is 0 Å². The van der Waals surface area contributed by atoms with Crippen molar-refractivity contribution in [1.29, 1.82) is 0 Å². The highest BCUT2D eigenvalue weighted by molar-refractivity contribution is 7.16. The van der Waals surface area contributed by atoms with Crippen molar-refractivity contribution in [3.63, 3.8) is 0 Å². The summed E-state index contributed by atoms with van der Waals surface area (Å²) in [4.78, 5) is 17.5. The van der Waals surface area contributed by atoms with Gasteiger partial charge in [0.05, 0.1) is 16.4 Å². The van der Waals surface area contributed by atoms with Crippen molar-refractivity contribution in [2.75, 3.05) is 0 Å². The van der Waals surface area contributed by atoms with Crippen molar-refractivity contribution in [3.05, 3.63) is 46.0 Å². The summed E-state index contributed by atoms with van der Waals surface area (Å²) in [7, 11) is 3.70. The van der Waals surface area contributed by atoms with Gasteiger partial charge in [0.1, 0.15) is 5.69 Å². The largest absolute Gasteiger partial charge is 0.319 e. The molecule has 3 aromatic rings. The third-order valence-corrected chi connectivity index (χ3v) is 5.12. The van der Waals surface area contributed by atoms with Gasteiger partial charge in [0.25, 0.3) is 5.91 Å². The topological polar surface area (TPSA) is 52.2 Å². The number of carbonyl (C=O) groups is 1. The third kappa shape index (κ3) is 2.74. The van der Waals surface area contributed by atoms with E-state index in [1.165, 1.54) is 16.9 Å². The number of aromatic nitrogens is 3. The maximum atomic E-state index is 12.5. The Morgan fingerprint density at radius 3 is 2.65 bits per heavy atom. The van der Waals surface area contributed by atoms with Gasteiger partial charge in [-0.1, -0.05) is 31.3 Å². The number of benzene rings is 1. The molecule has 0 spiro atoms. The fourth-order valence-electron chi connectivity index (χ4n) is 2.61.